The first-order valence-corrected chi connectivity index (χ1v) is 6.66. The van der Waals surface area contributed by atoms with Gasteiger partial charge in [0.05, 0.1) is 0 Å². The highest BCUT2D eigenvalue weighted by Crippen LogP contribution is 2.44. The molecule has 3 fully saturated rings. The van der Waals surface area contributed by atoms with Gasteiger partial charge < -0.3 is 9.64 Å². The van der Waals surface area contributed by atoms with E-state index in [1.807, 2.05) is 4.90 Å². The predicted octanol–water partition coefficient (Wildman–Crippen LogP) is 1.28. The fourth-order valence-electron chi connectivity index (χ4n) is 3.35. The van der Waals surface area contributed by atoms with Crippen LogP contribution in [-0.4, -0.2) is 41.4 Å². The molecule has 4 heteroatoms. The molecule has 0 radical (unpaired) electrons. The van der Waals surface area contributed by atoms with E-state index in [2.05, 4.69) is 0 Å². The predicted molar refractivity (Wildman–Crippen MR) is 61.5 cm³/mol. The van der Waals surface area contributed by atoms with E-state index >= 15 is 0 Å². The van der Waals surface area contributed by atoms with Crippen molar-refractivity contribution in [3.05, 3.63) is 0 Å². The summed E-state index contributed by atoms with van der Waals surface area (Å²) in [6.45, 7) is 1.31. The van der Waals surface area contributed by atoms with E-state index < -0.39 is 0 Å². The zero-order valence-corrected chi connectivity index (χ0v) is 10.1. The van der Waals surface area contributed by atoms with Gasteiger partial charge >= 0.3 is 0 Å². The summed E-state index contributed by atoms with van der Waals surface area (Å²) in [5.41, 5.74) is -0.127. The summed E-state index contributed by atoms with van der Waals surface area (Å²) in [6.07, 6.45) is 5.83. The van der Waals surface area contributed by atoms with Crippen LogP contribution in [0.15, 0.2) is 0 Å². The number of hydrogen-bond acceptors (Lipinski definition) is 3. The first kappa shape index (κ1) is 11.2. The number of hydrogen-bond donors (Lipinski definition) is 0. The molecule has 1 saturated carbocycles. The SMILES string of the molecule is O=C1CCN(C(=O)[C@H]2CCCO2)C2(CCC2)C1. The molecular weight excluding hydrogens is 218 g/mol. The zero-order valence-electron chi connectivity index (χ0n) is 10.1. The van der Waals surface area contributed by atoms with Crippen LogP contribution in [0.25, 0.3) is 0 Å². The van der Waals surface area contributed by atoms with Crippen LogP contribution in [0, 0.1) is 0 Å². The summed E-state index contributed by atoms with van der Waals surface area (Å²) in [6, 6.07) is 0. The topological polar surface area (TPSA) is 46.6 Å². The van der Waals surface area contributed by atoms with E-state index in [-0.39, 0.29) is 17.6 Å². The number of nitrogens with zero attached hydrogens (tertiary/aromatic N) is 1. The second-order valence-electron chi connectivity index (χ2n) is 5.53. The molecule has 1 aliphatic carbocycles. The molecule has 0 aromatic carbocycles. The second kappa shape index (κ2) is 4.09. The van der Waals surface area contributed by atoms with Gasteiger partial charge in [-0.3, -0.25) is 9.59 Å². The zero-order chi connectivity index (χ0) is 11.9. The number of likely N-dealkylation sites (tertiary alicyclic amines) is 1. The van der Waals surface area contributed by atoms with Crippen molar-refractivity contribution in [3.63, 3.8) is 0 Å². The molecule has 17 heavy (non-hydrogen) atoms. The average molecular weight is 237 g/mol. The van der Waals surface area contributed by atoms with Crippen LogP contribution in [0.2, 0.25) is 0 Å². The van der Waals surface area contributed by atoms with E-state index in [1.54, 1.807) is 0 Å². The highest BCUT2D eigenvalue weighted by molar-refractivity contribution is 5.87. The van der Waals surface area contributed by atoms with Crippen LogP contribution in [0.5, 0.6) is 0 Å². The molecule has 0 unspecified atom stereocenters. The van der Waals surface area contributed by atoms with Crippen LogP contribution in [0.1, 0.15) is 44.9 Å². The number of rotatable bonds is 1. The standard InChI is InChI=1S/C13H19NO3/c15-10-4-7-14(13(9-10)5-2-6-13)12(16)11-3-1-8-17-11/h11H,1-9H2/t11-/m1/s1. The Labute approximate surface area is 101 Å². The summed E-state index contributed by atoms with van der Waals surface area (Å²) < 4.78 is 5.48. The van der Waals surface area contributed by atoms with Crippen molar-refractivity contribution in [2.24, 2.45) is 0 Å². The lowest BCUT2D eigenvalue weighted by Crippen LogP contribution is -2.62. The van der Waals surface area contributed by atoms with Gasteiger partial charge in [-0.15, -0.1) is 0 Å². The molecule has 3 rings (SSSR count). The third-order valence-corrected chi connectivity index (χ3v) is 4.47. The minimum absolute atomic E-state index is 0.127. The van der Waals surface area contributed by atoms with E-state index in [9.17, 15) is 9.59 Å². The number of carbonyl (C=O) groups excluding carboxylic acids is 2. The van der Waals surface area contributed by atoms with Crippen LogP contribution in [0.3, 0.4) is 0 Å². The lowest BCUT2D eigenvalue weighted by molar-refractivity contribution is -0.157. The largest absolute Gasteiger partial charge is 0.368 e. The van der Waals surface area contributed by atoms with Gasteiger partial charge in [-0.1, -0.05) is 0 Å². The van der Waals surface area contributed by atoms with Crippen molar-refractivity contribution < 1.29 is 14.3 Å². The molecule has 1 atom stereocenters. The highest BCUT2D eigenvalue weighted by Gasteiger charge is 2.49. The molecule has 1 spiro atoms. The van der Waals surface area contributed by atoms with Crippen LogP contribution in [0.4, 0.5) is 0 Å². The molecule has 94 valence electrons. The van der Waals surface area contributed by atoms with E-state index in [4.69, 9.17) is 4.74 Å². The molecule has 4 nitrogen and oxygen atoms in total. The summed E-state index contributed by atoms with van der Waals surface area (Å²) in [7, 11) is 0. The van der Waals surface area contributed by atoms with E-state index in [0.717, 1.165) is 32.1 Å². The minimum Gasteiger partial charge on any atom is -0.368 e. The van der Waals surface area contributed by atoms with Crippen LogP contribution in [-0.2, 0) is 14.3 Å². The van der Waals surface area contributed by atoms with Gasteiger partial charge in [0.15, 0.2) is 0 Å². The summed E-state index contributed by atoms with van der Waals surface area (Å²) in [4.78, 5) is 26.0. The molecule has 0 bridgehead atoms. The first-order chi connectivity index (χ1) is 8.21. The van der Waals surface area contributed by atoms with Crippen molar-refractivity contribution in [3.8, 4) is 0 Å². The maximum absolute atomic E-state index is 12.4. The molecule has 1 amide bonds. The number of carbonyl (C=O) groups is 2. The molecule has 0 N–H and O–H groups in total. The number of piperidine rings is 1. The Morgan fingerprint density at radius 2 is 2.18 bits per heavy atom. The van der Waals surface area contributed by atoms with Crippen LogP contribution < -0.4 is 0 Å². The third-order valence-electron chi connectivity index (χ3n) is 4.47. The number of ketones is 1. The normalized spacial score (nSPS) is 31.6. The molecule has 0 aromatic rings. The summed E-state index contributed by atoms with van der Waals surface area (Å²) >= 11 is 0. The van der Waals surface area contributed by atoms with Gasteiger partial charge in [-0.05, 0) is 32.1 Å². The fraction of sp³-hybridized carbons (Fsp3) is 0.846. The Balaban J connectivity index is 1.76. The average Bonchev–Trinajstić information content (AvgIpc) is 2.79. The summed E-state index contributed by atoms with van der Waals surface area (Å²) in [5.74, 6) is 0.454. The van der Waals surface area contributed by atoms with Gasteiger partial charge in [-0.25, -0.2) is 0 Å². The Kier molecular flexibility index (Phi) is 2.69. The van der Waals surface area contributed by atoms with Gasteiger partial charge in [0.1, 0.15) is 11.9 Å². The fourth-order valence-corrected chi connectivity index (χ4v) is 3.35. The molecule has 2 aliphatic heterocycles. The smallest absolute Gasteiger partial charge is 0.252 e. The Morgan fingerprint density at radius 3 is 2.76 bits per heavy atom. The Hall–Kier alpha value is -0.900. The number of Topliss-reactive ketones (excluding diaryl/α,β-unsaturated/α-hetero) is 1. The minimum atomic E-state index is -0.235. The number of ether oxygens (including phenoxy) is 1. The third kappa shape index (κ3) is 1.79. The maximum atomic E-state index is 12.4. The monoisotopic (exact) mass is 237 g/mol. The quantitative estimate of drug-likeness (QED) is 0.690. The first-order valence-electron chi connectivity index (χ1n) is 6.66. The molecule has 3 aliphatic rings. The lowest BCUT2D eigenvalue weighted by atomic mass is 9.69. The Bertz CT molecular complexity index is 343. The molecule has 2 heterocycles. The lowest BCUT2D eigenvalue weighted by Gasteiger charge is -2.53. The number of amides is 1. The van der Waals surface area contributed by atoms with Crippen molar-refractivity contribution in [1.82, 2.24) is 4.90 Å². The van der Waals surface area contributed by atoms with E-state index in [1.165, 1.54) is 0 Å². The van der Waals surface area contributed by atoms with Crippen LogP contribution >= 0.6 is 0 Å². The van der Waals surface area contributed by atoms with Gasteiger partial charge in [0, 0.05) is 31.5 Å². The summed E-state index contributed by atoms with van der Waals surface area (Å²) in [5, 5.41) is 0. The van der Waals surface area contributed by atoms with Gasteiger partial charge in [0.2, 0.25) is 0 Å². The van der Waals surface area contributed by atoms with Gasteiger partial charge in [0.25, 0.3) is 5.91 Å². The second-order valence-corrected chi connectivity index (χ2v) is 5.53. The van der Waals surface area contributed by atoms with Gasteiger partial charge in [-0.2, -0.15) is 0 Å². The van der Waals surface area contributed by atoms with E-state index in [0.29, 0.717) is 31.8 Å². The van der Waals surface area contributed by atoms with Crippen molar-refractivity contribution in [1.29, 1.82) is 0 Å². The molecule has 2 saturated heterocycles. The highest BCUT2D eigenvalue weighted by atomic mass is 16.5. The maximum Gasteiger partial charge on any atom is 0.252 e. The molecular formula is C13H19NO3. The molecule has 0 aromatic heterocycles. The Morgan fingerprint density at radius 1 is 1.35 bits per heavy atom. The van der Waals surface area contributed by atoms with Crippen molar-refractivity contribution in [2.75, 3.05) is 13.2 Å². The van der Waals surface area contributed by atoms with Crippen molar-refractivity contribution >= 4 is 11.7 Å². The van der Waals surface area contributed by atoms with Crippen molar-refractivity contribution in [2.45, 2.75) is 56.6 Å².